The van der Waals surface area contributed by atoms with E-state index >= 15 is 0 Å². The number of benzene rings is 1. The number of carboxylic acid groups (broad SMARTS) is 2. The maximum atomic E-state index is 9.55. The molecule has 1 saturated heterocycles. The fourth-order valence-corrected chi connectivity index (χ4v) is 4.06. The molecule has 1 aliphatic heterocycles. The highest BCUT2D eigenvalue weighted by Gasteiger charge is 2.22. The monoisotopic (exact) mass is 428 g/mol. The molecule has 3 N–H and O–H groups in total. The molecule has 1 fully saturated rings. The standard InChI is InChI=1S/C20H28N2O.C4H4O4/c1-3-15-14-21-11-9-16(15)5-4-6-17-10-12-22-20-8-7-18(23-2)13-19(17)20;5-3(6)1-2-4(7)8/h7-8,10,12-13,15-16,21H,3-6,9,11,14H2,1-2H3;1-2H,(H,5,6)(H,7,8)/b;2-1+/t15-,16+;/m1./s1. The molecule has 0 aliphatic carbocycles. The van der Waals surface area contributed by atoms with Gasteiger partial charge in [0.15, 0.2) is 0 Å². The van der Waals surface area contributed by atoms with Gasteiger partial charge in [0.25, 0.3) is 0 Å². The summed E-state index contributed by atoms with van der Waals surface area (Å²) in [6, 6.07) is 8.33. The molecule has 0 amide bonds. The number of piperidine rings is 1. The van der Waals surface area contributed by atoms with E-state index in [9.17, 15) is 9.59 Å². The van der Waals surface area contributed by atoms with Crippen LogP contribution < -0.4 is 10.1 Å². The van der Waals surface area contributed by atoms with E-state index in [1.165, 1.54) is 49.7 Å². The molecular formula is C24H32N2O5. The summed E-state index contributed by atoms with van der Waals surface area (Å²) in [6.45, 7) is 4.72. The van der Waals surface area contributed by atoms with Crippen molar-refractivity contribution in [3.05, 3.63) is 48.2 Å². The van der Waals surface area contributed by atoms with Gasteiger partial charge in [-0.05, 0) is 80.4 Å². The number of ether oxygens (including phenoxy) is 1. The molecule has 0 unspecified atom stereocenters. The number of nitrogens with zero attached hydrogens (tertiary/aromatic N) is 1. The van der Waals surface area contributed by atoms with E-state index in [0.29, 0.717) is 12.2 Å². The van der Waals surface area contributed by atoms with E-state index < -0.39 is 11.9 Å². The van der Waals surface area contributed by atoms with Crippen LogP contribution in [-0.2, 0) is 16.0 Å². The van der Waals surface area contributed by atoms with Gasteiger partial charge in [0.05, 0.1) is 12.6 Å². The molecule has 168 valence electrons. The van der Waals surface area contributed by atoms with Gasteiger partial charge in [0.1, 0.15) is 5.75 Å². The van der Waals surface area contributed by atoms with E-state index in [1.807, 2.05) is 12.3 Å². The summed E-state index contributed by atoms with van der Waals surface area (Å²) in [7, 11) is 1.72. The number of aryl methyl sites for hydroxylation is 1. The predicted octanol–water partition coefficient (Wildman–Crippen LogP) is 3.91. The van der Waals surface area contributed by atoms with Crippen molar-refractivity contribution < 1.29 is 24.5 Å². The lowest BCUT2D eigenvalue weighted by molar-refractivity contribution is -0.134. The molecule has 1 aromatic heterocycles. The summed E-state index contributed by atoms with van der Waals surface area (Å²) in [6.07, 6.45) is 9.42. The lowest BCUT2D eigenvalue weighted by Gasteiger charge is -2.31. The smallest absolute Gasteiger partial charge is 0.328 e. The van der Waals surface area contributed by atoms with E-state index in [4.69, 9.17) is 14.9 Å². The summed E-state index contributed by atoms with van der Waals surface area (Å²) in [4.78, 5) is 23.6. The highest BCUT2D eigenvalue weighted by Crippen LogP contribution is 2.28. The van der Waals surface area contributed by atoms with Crippen molar-refractivity contribution in [1.29, 1.82) is 0 Å². The minimum atomic E-state index is -1.26. The van der Waals surface area contributed by atoms with Gasteiger partial charge in [-0.2, -0.15) is 0 Å². The van der Waals surface area contributed by atoms with Crippen LogP contribution in [0, 0.1) is 11.8 Å². The van der Waals surface area contributed by atoms with Crippen molar-refractivity contribution in [3.8, 4) is 5.75 Å². The second-order valence-corrected chi connectivity index (χ2v) is 7.68. The Hall–Kier alpha value is -2.93. The number of hydrogen-bond acceptors (Lipinski definition) is 5. The number of aromatic nitrogens is 1. The SMILES string of the molecule is CC[C@@H]1CNCC[C@@H]1CCCc1ccnc2ccc(OC)cc12.O=C(O)/C=C/C(=O)O. The van der Waals surface area contributed by atoms with Gasteiger partial charge in [-0.15, -0.1) is 0 Å². The first-order valence-electron chi connectivity index (χ1n) is 10.7. The molecule has 0 radical (unpaired) electrons. The van der Waals surface area contributed by atoms with Gasteiger partial charge >= 0.3 is 11.9 Å². The Morgan fingerprint density at radius 3 is 2.58 bits per heavy atom. The number of fused-ring (bicyclic) bond motifs is 1. The molecule has 3 rings (SSSR count). The third-order valence-electron chi connectivity index (χ3n) is 5.72. The predicted molar refractivity (Wildman–Crippen MR) is 120 cm³/mol. The summed E-state index contributed by atoms with van der Waals surface area (Å²) >= 11 is 0. The van der Waals surface area contributed by atoms with Crippen LogP contribution in [-0.4, -0.2) is 47.3 Å². The third kappa shape index (κ3) is 8.02. The Balaban J connectivity index is 0.000000366. The highest BCUT2D eigenvalue weighted by molar-refractivity contribution is 5.89. The Morgan fingerprint density at radius 1 is 1.19 bits per heavy atom. The lowest BCUT2D eigenvalue weighted by atomic mass is 9.81. The number of rotatable bonds is 8. The minimum absolute atomic E-state index is 0.558. The maximum Gasteiger partial charge on any atom is 0.328 e. The zero-order valence-corrected chi connectivity index (χ0v) is 18.2. The Bertz CT molecular complexity index is 881. The number of pyridine rings is 1. The van der Waals surface area contributed by atoms with Gasteiger partial charge in [0, 0.05) is 23.7 Å². The second-order valence-electron chi connectivity index (χ2n) is 7.68. The normalized spacial score (nSPS) is 18.4. The zero-order chi connectivity index (χ0) is 22.6. The quantitative estimate of drug-likeness (QED) is 0.547. The van der Waals surface area contributed by atoms with Crippen LogP contribution >= 0.6 is 0 Å². The Kier molecular flexibility index (Phi) is 9.97. The van der Waals surface area contributed by atoms with Gasteiger partial charge in [-0.25, -0.2) is 9.59 Å². The average Bonchev–Trinajstić information content (AvgIpc) is 2.78. The largest absolute Gasteiger partial charge is 0.497 e. The molecule has 0 spiro atoms. The lowest BCUT2D eigenvalue weighted by Crippen LogP contribution is -2.36. The van der Waals surface area contributed by atoms with Gasteiger partial charge in [-0.3, -0.25) is 4.98 Å². The number of carbonyl (C=O) groups is 2. The van der Waals surface area contributed by atoms with Crippen LogP contribution in [0.1, 0.15) is 38.2 Å². The van der Waals surface area contributed by atoms with Crippen LogP contribution in [0.3, 0.4) is 0 Å². The summed E-state index contributed by atoms with van der Waals surface area (Å²) < 4.78 is 5.37. The van der Waals surface area contributed by atoms with Crippen LogP contribution in [0.2, 0.25) is 0 Å². The van der Waals surface area contributed by atoms with Crippen molar-refractivity contribution in [2.75, 3.05) is 20.2 Å². The minimum Gasteiger partial charge on any atom is -0.497 e. The number of nitrogens with one attached hydrogen (secondary N) is 1. The molecule has 0 saturated carbocycles. The maximum absolute atomic E-state index is 9.55. The second kappa shape index (κ2) is 12.7. The van der Waals surface area contributed by atoms with Crippen molar-refractivity contribution in [1.82, 2.24) is 10.3 Å². The average molecular weight is 429 g/mol. The first kappa shape index (κ1) is 24.3. The Morgan fingerprint density at radius 2 is 1.94 bits per heavy atom. The zero-order valence-electron chi connectivity index (χ0n) is 18.2. The fourth-order valence-electron chi connectivity index (χ4n) is 4.06. The molecule has 0 bridgehead atoms. The molecule has 2 heterocycles. The van der Waals surface area contributed by atoms with Crippen LogP contribution in [0.5, 0.6) is 5.75 Å². The molecular weight excluding hydrogens is 396 g/mol. The van der Waals surface area contributed by atoms with E-state index in [2.05, 4.69) is 35.4 Å². The first-order chi connectivity index (χ1) is 14.9. The van der Waals surface area contributed by atoms with E-state index in [0.717, 1.165) is 29.5 Å². The number of carboxylic acids is 2. The van der Waals surface area contributed by atoms with Crippen molar-refractivity contribution in [2.24, 2.45) is 11.8 Å². The molecule has 31 heavy (non-hydrogen) atoms. The number of aliphatic carboxylic acids is 2. The van der Waals surface area contributed by atoms with Gasteiger partial charge < -0.3 is 20.3 Å². The van der Waals surface area contributed by atoms with Crippen LogP contribution in [0.15, 0.2) is 42.6 Å². The van der Waals surface area contributed by atoms with Crippen molar-refractivity contribution in [3.63, 3.8) is 0 Å². The van der Waals surface area contributed by atoms with Gasteiger partial charge in [0.2, 0.25) is 0 Å². The topological polar surface area (TPSA) is 109 Å². The first-order valence-corrected chi connectivity index (χ1v) is 10.7. The number of hydrogen-bond donors (Lipinski definition) is 3. The fraction of sp³-hybridized carbons (Fsp3) is 0.458. The molecule has 1 aromatic carbocycles. The molecule has 7 heteroatoms. The highest BCUT2D eigenvalue weighted by atomic mass is 16.5. The van der Waals surface area contributed by atoms with Crippen molar-refractivity contribution >= 4 is 22.8 Å². The third-order valence-corrected chi connectivity index (χ3v) is 5.72. The molecule has 7 nitrogen and oxygen atoms in total. The summed E-state index contributed by atoms with van der Waals surface area (Å²) in [5, 5.41) is 20.4. The van der Waals surface area contributed by atoms with E-state index in [-0.39, 0.29) is 0 Å². The van der Waals surface area contributed by atoms with Gasteiger partial charge in [-0.1, -0.05) is 13.3 Å². The van der Waals surface area contributed by atoms with Crippen molar-refractivity contribution in [2.45, 2.75) is 39.0 Å². The number of methoxy groups -OCH3 is 1. The van der Waals surface area contributed by atoms with Crippen LogP contribution in [0.4, 0.5) is 0 Å². The summed E-state index contributed by atoms with van der Waals surface area (Å²) in [5.74, 6) is 0.151. The van der Waals surface area contributed by atoms with Crippen LogP contribution in [0.25, 0.3) is 10.9 Å². The Labute approximate surface area is 183 Å². The molecule has 1 aliphatic rings. The molecule has 2 aromatic rings. The molecule has 2 atom stereocenters. The summed E-state index contributed by atoms with van der Waals surface area (Å²) in [5.41, 5.74) is 2.47. The van der Waals surface area contributed by atoms with E-state index in [1.54, 1.807) is 7.11 Å².